The minimum absolute atomic E-state index is 0.0854. The molecule has 0 aliphatic carbocycles. The van der Waals surface area contributed by atoms with Crippen molar-refractivity contribution in [1.82, 2.24) is 4.98 Å². The van der Waals surface area contributed by atoms with Gasteiger partial charge < -0.3 is 15.9 Å². The van der Waals surface area contributed by atoms with E-state index in [1.165, 1.54) is 6.92 Å². The van der Waals surface area contributed by atoms with Crippen LogP contribution in [0.2, 0.25) is 0 Å². The molecular weight excluding hydrogens is 160 g/mol. The number of carboxylic acid groups (broad SMARTS) is 1. The maximum absolute atomic E-state index is 10.5. The van der Waals surface area contributed by atoms with Crippen LogP contribution in [-0.4, -0.2) is 21.2 Å². The van der Waals surface area contributed by atoms with Gasteiger partial charge in [0.1, 0.15) is 17.1 Å². The number of aromatic nitrogens is 1. The third-order valence-corrected chi connectivity index (χ3v) is 1.45. The Kier molecular flexibility index (Phi) is 1.86. The van der Waals surface area contributed by atoms with Gasteiger partial charge in [-0.1, -0.05) is 0 Å². The van der Waals surface area contributed by atoms with Crippen LogP contribution in [0.3, 0.4) is 0 Å². The lowest BCUT2D eigenvalue weighted by Crippen LogP contribution is -2.05. The number of anilines is 1. The number of aromatic hydroxyl groups is 1. The summed E-state index contributed by atoms with van der Waals surface area (Å²) in [6.07, 6.45) is 0. The highest BCUT2D eigenvalue weighted by Crippen LogP contribution is 2.19. The van der Waals surface area contributed by atoms with Crippen molar-refractivity contribution in [2.75, 3.05) is 5.73 Å². The van der Waals surface area contributed by atoms with E-state index in [-0.39, 0.29) is 17.1 Å². The highest BCUT2D eigenvalue weighted by molar-refractivity contribution is 5.93. The van der Waals surface area contributed by atoms with Crippen molar-refractivity contribution in [2.45, 2.75) is 6.92 Å². The average molecular weight is 168 g/mol. The van der Waals surface area contributed by atoms with Crippen molar-refractivity contribution in [3.63, 3.8) is 0 Å². The number of aryl methyl sites for hydroxylation is 1. The molecule has 64 valence electrons. The van der Waals surface area contributed by atoms with E-state index < -0.39 is 5.97 Å². The molecule has 1 aromatic heterocycles. The molecule has 0 fully saturated rings. The zero-order valence-electron chi connectivity index (χ0n) is 6.40. The minimum Gasteiger partial charge on any atom is -0.506 e. The standard InChI is InChI=1S/C7H8N2O3/c1-3-5(10)2-4(7(11)12)6(8)9-3/h2,10H,1H3,(H2,8,9)(H,11,12). The molecule has 1 aromatic rings. The second kappa shape index (κ2) is 2.69. The van der Waals surface area contributed by atoms with Gasteiger partial charge in [-0.3, -0.25) is 0 Å². The highest BCUT2D eigenvalue weighted by atomic mass is 16.4. The summed E-state index contributed by atoms with van der Waals surface area (Å²) >= 11 is 0. The van der Waals surface area contributed by atoms with Crippen LogP contribution in [0.15, 0.2) is 6.07 Å². The van der Waals surface area contributed by atoms with Gasteiger partial charge >= 0.3 is 5.97 Å². The molecule has 1 heterocycles. The normalized spacial score (nSPS) is 9.75. The fraction of sp³-hybridized carbons (Fsp3) is 0.143. The molecule has 4 N–H and O–H groups in total. The Morgan fingerprint density at radius 3 is 2.75 bits per heavy atom. The van der Waals surface area contributed by atoms with Crippen LogP contribution in [0.25, 0.3) is 0 Å². The number of nitrogen functional groups attached to an aromatic ring is 1. The molecule has 0 atom stereocenters. The summed E-state index contributed by atoms with van der Waals surface area (Å²) < 4.78 is 0. The highest BCUT2D eigenvalue weighted by Gasteiger charge is 2.11. The fourth-order valence-corrected chi connectivity index (χ4v) is 0.785. The smallest absolute Gasteiger partial charge is 0.339 e. The second-order valence-electron chi connectivity index (χ2n) is 2.33. The van der Waals surface area contributed by atoms with Crippen molar-refractivity contribution in [3.05, 3.63) is 17.3 Å². The molecule has 0 aliphatic rings. The molecule has 0 saturated heterocycles. The lowest BCUT2D eigenvalue weighted by atomic mass is 10.2. The van der Waals surface area contributed by atoms with Crippen molar-refractivity contribution in [2.24, 2.45) is 0 Å². The second-order valence-corrected chi connectivity index (χ2v) is 2.33. The number of pyridine rings is 1. The average Bonchev–Trinajstić information content (AvgIpc) is 1.96. The minimum atomic E-state index is -1.20. The van der Waals surface area contributed by atoms with Gasteiger partial charge in [-0.15, -0.1) is 0 Å². The zero-order valence-corrected chi connectivity index (χ0v) is 6.40. The van der Waals surface area contributed by atoms with E-state index in [1.54, 1.807) is 0 Å². The first kappa shape index (κ1) is 8.32. The predicted molar refractivity (Wildman–Crippen MR) is 42.0 cm³/mol. The SMILES string of the molecule is Cc1nc(N)c(C(=O)O)cc1O. The summed E-state index contributed by atoms with van der Waals surface area (Å²) in [4.78, 5) is 14.1. The third kappa shape index (κ3) is 1.29. The molecule has 1 rings (SSSR count). The third-order valence-electron chi connectivity index (χ3n) is 1.45. The molecule has 0 aliphatic heterocycles. The monoisotopic (exact) mass is 168 g/mol. The molecule has 0 aromatic carbocycles. The molecule has 0 saturated carbocycles. The molecule has 12 heavy (non-hydrogen) atoms. The first-order valence-electron chi connectivity index (χ1n) is 3.21. The Labute approximate surface area is 68.5 Å². The molecule has 0 unspecified atom stereocenters. The molecule has 5 heteroatoms. The number of nitrogens with zero attached hydrogens (tertiary/aromatic N) is 1. The topological polar surface area (TPSA) is 96.4 Å². The van der Waals surface area contributed by atoms with E-state index in [9.17, 15) is 4.79 Å². The number of rotatable bonds is 1. The summed E-state index contributed by atoms with van der Waals surface area (Å²) in [6.45, 7) is 1.54. The number of aromatic carboxylic acids is 1. The van der Waals surface area contributed by atoms with Gasteiger partial charge in [0.15, 0.2) is 0 Å². The lowest BCUT2D eigenvalue weighted by Gasteiger charge is -2.02. The van der Waals surface area contributed by atoms with E-state index in [2.05, 4.69) is 4.98 Å². The van der Waals surface area contributed by atoms with Crippen LogP contribution in [0, 0.1) is 6.92 Å². The van der Waals surface area contributed by atoms with Gasteiger partial charge in [0.05, 0.1) is 5.69 Å². The number of hydrogen-bond donors (Lipinski definition) is 3. The maximum Gasteiger partial charge on any atom is 0.339 e. The Morgan fingerprint density at radius 2 is 2.25 bits per heavy atom. The van der Waals surface area contributed by atoms with Gasteiger partial charge in [-0.2, -0.15) is 0 Å². The van der Waals surface area contributed by atoms with Crippen LogP contribution in [0.1, 0.15) is 16.1 Å². The molecule has 5 nitrogen and oxygen atoms in total. The van der Waals surface area contributed by atoms with E-state index >= 15 is 0 Å². The van der Waals surface area contributed by atoms with Crippen molar-refractivity contribution in [1.29, 1.82) is 0 Å². The molecular formula is C7H8N2O3. The summed E-state index contributed by atoms with van der Waals surface area (Å²) in [5.74, 6) is -1.45. The number of carbonyl (C=O) groups is 1. The quantitative estimate of drug-likeness (QED) is 0.563. The first-order valence-corrected chi connectivity index (χ1v) is 3.21. The fourth-order valence-electron chi connectivity index (χ4n) is 0.785. The summed E-state index contributed by atoms with van der Waals surface area (Å²) in [6, 6.07) is 1.08. The number of nitrogens with two attached hydrogens (primary N) is 1. The van der Waals surface area contributed by atoms with E-state index in [1.807, 2.05) is 0 Å². The molecule has 0 bridgehead atoms. The maximum atomic E-state index is 10.5. The lowest BCUT2D eigenvalue weighted by molar-refractivity contribution is 0.0697. The number of hydrogen-bond acceptors (Lipinski definition) is 4. The van der Waals surface area contributed by atoms with E-state index in [0.717, 1.165) is 6.07 Å². The van der Waals surface area contributed by atoms with Crippen molar-refractivity contribution < 1.29 is 15.0 Å². The number of carboxylic acids is 1. The molecule has 0 radical (unpaired) electrons. The van der Waals surface area contributed by atoms with Gasteiger partial charge in [-0.05, 0) is 13.0 Å². The summed E-state index contributed by atoms with van der Waals surface area (Å²) in [5.41, 5.74) is 5.42. The summed E-state index contributed by atoms with van der Waals surface area (Å²) in [5, 5.41) is 17.6. The van der Waals surface area contributed by atoms with Crippen LogP contribution in [0.4, 0.5) is 5.82 Å². The van der Waals surface area contributed by atoms with Crippen LogP contribution < -0.4 is 5.73 Å². The van der Waals surface area contributed by atoms with Gasteiger partial charge in [0, 0.05) is 0 Å². The van der Waals surface area contributed by atoms with Gasteiger partial charge in [-0.25, -0.2) is 9.78 Å². The Balaban J connectivity index is 3.33. The first-order chi connectivity index (χ1) is 5.52. The van der Waals surface area contributed by atoms with Gasteiger partial charge in [0.2, 0.25) is 0 Å². The Bertz CT molecular complexity index is 336. The molecule has 0 spiro atoms. The predicted octanol–water partition coefficient (Wildman–Crippen LogP) is 0.376. The van der Waals surface area contributed by atoms with Crippen molar-refractivity contribution >= 4 is 11.8 Å². The largest absolute Gasteiger partial charge is 0.506 e. The Morgan fingerprint density at radius 1 is 1.67 bits per heavy atom. The van der Waals surface area contributed by atoms with Crippen molar-refractivity contribution in [3.8, 4) is 5.75 Å². The van der Waals surface area contributed by atoms with Gasteiger partial charge in [0.25, 0.3) is 0 Å². The van der Waals surface area contributed by atoms with E-state index in [0.29, 0.717) is 5.69 Å². The Hall–Kier alpha value is -1.78. The summed E-state index contributed by atoms with van der Waals surface area (Å²) in [7, 11) is 0. The molecule has 0 amide bonds. The van der Waals surface area contributed by atoms with Crippen LogP contribution in [0.5, 0.6) is 5.75 Å². The van der Waals surface area contributed by atoms with Crippen LogP contribution in [-0.2, 0) is 0 Å². The van der Waals surface area contributed by atoms with E-state index in [4.69, 9.17) is 15.9 Å². The van der Waals surface area contributed by atoms with Crippen LogP contribution >= 0.6 is 0 Å². The zero-order chi connectivity index (χ0) is 9.30.